The van der Waals surface area contributed by atoms with E-state index in [4.69, 9.17) is 9.47 Å². The molecule has 4 aliphatic carbocycles. The van der Waals surface area contributed by atoms with Crippen LogP contribution in [0.2, 0.25) is 0 Å². The number of allylic oxidation sites excluding steroid dienone is 4. The zero-order chi connectivity index (χ0) is 28.2. The van der Waals surface area contributed by atoms with E-state index in [-0.39, 0.29) is 18.1 Å². The first-order chi connectivity index (χ1) is 18.4. The fourth-order valence-electron chi connectivity index (χ4n) is 8.32. The van der Waals surface area contributed by atoms with Crippen molar-refractivity contribution >= 4 is 11.7 Å². The lowest BCUT2D eigenvalue weighted by atomic mass is 9.44. The molecule has 39 heavy (non-hydrogen) atoms. The molecule has 0 bridgehead atoms. The first-order valence-electron chi connectivity index (χ1n) is 14.0. The van der Waals surface area contributed by atoms with Crippen molar-refractivity contribution in [2.24, 2.45) is 28.6 Å². The summed E-state index contributed by atoms with van der Waals surface area (Å²) in [6, 6.07) is 7.28. The molecule has 7 nitrogen and oxygen atoms in total. The van der Waals surface area contributed by atoms with Gasteiger partial charge in [0.25, 0.3) is 5.91 Å². The molecule has 1 aromatic rings. The van der Waals surface area contributed by atoms with Gasteiger partial charge in [-0.15, -0.1) is 0 Å². The molecule has 5 rings (SSSR count). The van der Waals surface area contributed by atoms with Crippen LogP contribution >= 0.6 is 0 Å². The summed E-state index contributed by atoms with van der Waals surface area (Å²) in [6.45, 7) is 6.13. The number of benzene rings is 1. The number of halogens is 1. The van der Waals surface area contributed by atoms with Crippen LogP contribution in [0.3, 0.4) is 0 Å². The molecule has 3 fully saturated rings. The van der Waals surface area contributed by atoms with Crippen LogP contribution in [0.5, 0.6) is 11.5 Å². The van der Waals surface area contributed by atoms with Crippen LogP contribution in [0.1, 0.15) is 52.9 Å². The number of aliphatic hydroxyl groups excluding tert-OH is 1. The molecule has 0 heterocycles. The molecule has 3 N–H and O–H groups in total. The summed E-state index contributed by atoms with van der Waals surface area (Å²) >= 11 is 0. The molecule has 0 saturated heterocycles. The van der Waals surface area contributed by atoms with Crippen molar-refractivity contribution in [2.75, 3.05) is 20.3 Å². The highest BCUT2D eigenvalue weighted by molar-refractivity contribution is 6.01. The van der Waals surface area contributed by atoms with Crippen LogP contribution in [0, 0.1) is 28.6 Å². The molecule has 0 unspecified atom stereocenters. The maximum Gasteiger partial charge on any atom is 0.252 e. The number of hydrogen-bond acceptors (Lipinski definition) is 6. The van der Waals surface area contributed by atoms with Crippen molar-refractivity contribution < 1.29 is 33.7 Å². The summed E-state index contributed by atoms with van der Waals surface area (Å²) in [5.41, 5.74) is -5.12. The third kappa shape index (κ3) is 3.97. The number of methoxy groups -OCH3 is 1. The van der Waals surface area contributed by atoms with Crippen LogP contribution in [0.15, 0.2) is 48.1 Å². The normalized spacial score (nSPS) is 40.7. The molecule has 4 aliphatic rings. The Morgan fingerprint density at radius 3 is 2.72 bits per heavy atom. The van der Waals surface area contributed by atoms with Crippen LogP contribution in [0.25, 0.3) is 0 Å². The predicted molar refractivity (Wildman–Crippen MR) is 144 cm³/mol. The van der Waals surface area contributed by atoms with E-state index >= 15 is 4.39 Å². The Bertz CT molecular complexity index is 1220. The van der Waals surface area contributed by atoms with E-state index < -0.39 is 45.9 Å². The van der Waals surface area contributed by atoms with Crippen LogP contribution in [-0.2, 0) is 9.59 Å². The van der Waals surface area contributed by atoms with E-state index in [1.165, 1.54) is 12.2 Å². The van der Waals surface area contributed by atoms with Crippen molar-refractivity contribution in [3.8, 4) is 11.5 Å². The van der Waals surface area contributed by atoms with Gasteiger partial charge in [-0.25, -0.2) is 4.39 Å². The van der Waals surface area contributed by atoms with Gasteiger partial charge in [0, 0.05) is 29.4 Å². The average Bonchev–Trinajstić information content (AvgIpc) is 3.11. The second-order valence-electron chi connectivity index (χ2n) is 12.3. The fourth-order valence-corrected chi connectivity index (χ4v) is 8.32. The quantitative estimate of drug-likeness (QED) is 0.452. The molecule has 8 heteroatoms. The summed E-state index contributed by atoms with van der Waals surface area (Å²) in [6.07, 6.45) is 5.12. The molecular formula is C31H40FNO6. The number of aliphatic hydroxyl groups is 2. The summed E-state index contributed by atoms with van der Waals surface area (Å²) in [4.78, 5) is 25.6. The van der Waals surface area contributed by atoms with E-state index in [2.05, 4.69) is 5.32 Å². The number of ketones is 1. The molecule has 3 saturated carbocycles. The molecule has 1 aromatic carbocycles. The number of ether oxygens (including phenoxy) is 2. The number of nitrogens with one attached hydrogen (secondary N) is 1. The first kappa shape index (κ1) is 27.8. The van der Waals surface area contributed by atoms with E-state index in [0.717, 1.165) is 0 Å². The minimum absolute atomic E-state index is 0.0392. The van der Waals surface area contributed by atoms with Gasteiger partial charge >= 0.3 is 0 Å². The molecule has 8 atom stereocenters. The van der Waals surface area contributed by atoms with E-state index in [1.54, 1.807) is 26.2 Å². The molecule has 0 aliphatic heterocycles. The maximum absolute atomic E-state index is 17.3. The lowest BCUT2D eigenvalue weighted by Gasteiger charge is -2.62. The van der Waals surface area contributed by atoms with Gasteiger partial charge in [-0.2, -0.15) is 0 Å². The van der Waals surface area contributed by atoms with Gasteiger partial charge in [0.2, 0.25) is 0 Å². The maximum atomic E-state index is 17.3. The number of fused-ring (bicyclic) bond motifs is 5. The standard InChI is InChI=1S/C31H40FNO6/c1-19-15-25-24-10-9-20-16-21(34)11-12-28(20,2)30(24,32)26(35)18-29(25,3)31(19,37)27(36)33-13-6-14-39-23-8-5-7-22(17-23)38-4/h5,7-8,11-12,16-17,19,24-26,35,37H,6,9-10,13-15,18H2,1-4H3,(H,33,36)/t19-,24+,25+,26+,28+,29+,30+,31+/m1/s1. The number of rotatable bonds is 7. The number of amides is 1. The Kier molecular flexibility index (Phi) is 6.95. The second-order valence-corrected chi connectivity index (χ2v) is 12.3. The van der Waals surface area contributed by atoms with E-state index in [9.17, 15) is 19.8 Å². The van der Waals surface area contributed by atoms with Gasteiger partial charge in [0.05, 0.1) is 19.8 Å². The molecule has 212 valence electrons. The number of hydrogen-bond donors (Lipinski definition) is 3. The van der Waals surface area contributed by atoms with Crippen molar-refractivity contribution in [3.63, 3.8) is 0 Å². The van der Waals surface area contributed by atoms with Gasteiger partial charge < -0.3 is 25.0 Å². The minimum Gasteiger partial charge on any atom is -0.497 e. The predicted octanol–water partition coefficient (Wildman–Crippen LogP) is 3.93. The highest BCUT2D eigenvalue weighted by atomic mass is 19.1. The second kappa shape index (κ2) is 9.73. The number of carbonyl (C=O) groups is 2. The summed E-state index contributed by atoms with van der Waals surface area (Å²) < 4.78 is 28.2. The van der Waals surface area contributed by atoms with Gasteiger partial charge in [0.15, 0.2) is 17.1 Å². The Hall–Kier alpha value is -2.71. The summed E-state index contributed by atoms with van der Waals surface area (Å²) in [7, 11) is 1.59. The SMILES string of the molecule is COc1cccc(OCCCNC(=O)[C@@]2(O)[C@H](C)C[C@H]3[C@@H]4CCC5=CC(=O)C=C[C@]5(C)[C@@]4(F)[C@@H](O)C[C@@]32C)c1. The van der Waals surface area contributed by atoms with Crippen LogP contribution in [0.4, 0.5) is 4.39 Å². The van der Waals surface area contributed by atoms with E-state index in [0.29, 0.717) is 55.9 Å². The molecule has 0 spiro atoms. The number of alkyl halides is 1. The lowest BCUT2D eigenvalue weighted by molar-refractivity contribution is -0.219. The Morgan fingerprint density at radius 1 is 1.23 bits per heavy atom. The van der Waals surface area contributed by atoms with E-state index in [1.807, 2.05) is 32.0 Å². The highest BCUT2D eigenvalue weighted by Gasteiger charge is 2.75. The monoisotopic (exact) mass is 541 g/mol. The van der Waals surface area contributed by atoms with Crippen molar-refractivity contribution in [1.29, 1.82) is 0 Å². The van der Waals surface area contributed by atoms with Crippen molar-refractivity contribution in [2.45, 2.75) is 70.2 Å². The topological polar surface area (TPSA) is 105 Å². The highest BCUT2D eigenvalue weighted by Crippen LogP contribution is 2.70. The third-order valence-electron chi connectivity index (χ3n) is 10.5. The molecular weight excluding hydrogens is 501 g/mol. The smallest absolute Gasteiger partial charge is 0.252 e. The van der Waals surface area contributed by atoms with Gasteiger partial charge in [0.1, 0.15) is 11.5 Å². The first-order valence-corrected chi connectivity index (χ1v) is 14.0. The largest absolute Gasteiger partial charge is 0.497 e. The Balaban J connectivity index is 1.30. The van der Waals surface area contributed by atoms with Gasteiger partial charge in [-0.3, -0.25) is 9.59 Å². The van der Waals surface area contributed by atoms with Gasteiger partial charge in [-0.05, 0) is 75.1 Å². The van der Waals surface area contributed by atoms with Crippen LogP contribution in [-0.4, -0.2) is 59.5 Å². The summed E-state index contributed by atoms with van der Waals surface area (Å²) in [5, 5.41) is 26.4. The number of carbonyl (C=O) groups excluding carboxylic acids is 2. The average molecular weight is 542 g/mol. The minimum atomic E-state index is -1.99. The summed E-state index contributed by atoms with van der Waals surface area (Å²) in [5.74, 6) is -0.533. The lowest BCUT2D eigenvalue weighted by Crippen LogP contribution is -2.70. The Labute approximate surface area is 229 Å². The molecule has 0 radical (unpaired) electrons. The van der Waals surface area contributed by atoms with Crippen molar-refractivity contribution in [1.82, 2.24) is 5.32 Å². The van der Waals surface area contributed by atoms with Crippen molar-refractivity contribution in [3.05, 3.63) is 48.1 Å². The molecule has 1 amide bonds. The Morgan fingerprint density at radius 2 is 1.97 bits per heavy atom. The molecule has 0 aromatic heterocycles. The zero-order valence-electron chi connectivity index (χ0n) is 23.2. The third-order valence-corrected chi connectivity index (χ3v) is 10.5. The van der Waals surface area contributed by atoms with Crippen LogP contribution < -0.4 is 14.8 Å². The zero-order valence-corrected chi connectivity index (χ0v) is 23.2. The van der Waals surface area contributed by atoms with Gasteiger partial charge in [-0.1, -0.05) is 31.6 Å². The fraction of sp³-hybridized carbons (Fsp3) is 0.613.